The van der Waals surface area contributed by atoms with Crippen LogP contribution in [0.4, 0.5) is 5.69 Å². The van der Waals surface area contributed by atoms with E-state index in [0.29, 0.717) is 0 Å². The quantitative estimate of drug-likeness (QED) is 0.829. The van der Waals surface area contributed by atoms with Crippen molar-refractivity contribution in [3.8, 4) is 0 Å². The van der Waals surface area contributed by atoms with Crippen LogP contribution in [-0.4, -0.2) is 0 Å². The lowest BCUT2D eigenvalue weighted by Gasteiger charge is -2.12. The monoisotopic (exact) mass is 239 g/mol. The first-order valence-corrected chi connectivity index (χ1v) is 6.43. The molecule has 0 aromatic heterocycles. The zero-order valence-corrected chi connectivity index (χ0v) is 11.7. The van der Waals surface area contributed by atoms with Crippen LogP contribution in [0.15, 0.2) is 36.4 Å². The molecule has 1 nitrogen and oxygen atoms in total. The van der Waals surface area contributed by atoms with Gasteiger partial charge in [-0.05, 0) is 50.5 Å². The summed E-state index contributed by atoms with van der Waals surface area (Å²) < 4.78 is 0. The number of aryl methyl sites for hydroxylation is 4. The standard InChI is InChI=1S/C17H21N/c1-12-5-7-16(14(3)9-12)11-18-17-8-6-13(2)10-15(17)4/h5-10,18H,11H2,1-4H3. The Hall–Kier alpha value is -1.76. The largest absolute Gasteiger partial charge is 0.381 e. The Morgan fingerprint density at radius 1 is 0.778 bits per heavy atom. The molecule has 94 valence electrons. The predicted octanol–water partition coefficient (Wildman–Crippen LogP) is 4.53. The van der Waals surface area contributed by atoms with Crippen molar-refractivity contribution in [3.63, 3.8) is 0 Å². The zero-order valence-electron chi connectivity index (χ0n) is 11.7. The topological polar surface area (TPSA) is 12.0 Å². The Balaban J connectivity index is 2.11. The van der Waals surface area contributed by atoms with Gasteiger partial charge >= 0.3 is 0 Å². The van der Waals surface area contributed by atoms with Gasteiger partial charge in [0.25, 0.3) is 0 Å². The summed E-state index contributed by atoms with van der Waals surface area (Å²) in [5.41, 5.74) is 7.88. The summed E-state index contributed by atoms with van der Waals surface area (Å²) in [5.74, 6) is 0. The molecule has 0 bridgehead atoms. The molecular formula is C17H21N. The molecule has 2 aromatic rings. The van der Waals surface area contributed by atoms with Gasteiger partial charge in [0.1, 0.15) is 0 Å². The Morgan fingerprint density at radius 3 is 2.00 bits per heavy atom. The van der Waals surface area contributed by atoms with Crippen LogP contribution in [-0.2, 0) is 6.54 Å². The normalized spacial score (nSPS) is 10.4. The van der Waals surface area contributed by atoms with Crippen LogP contribution in [0.3, 0.4) is 0 Å². The van der Waals surface area contributed by atoms with Crippen LogP contribution < -0.4 is 5.32 Å². The first kappa shape index (κ1) is 12.7. The van der Waals surface area contributed by atoms with E-state index >= 15 is 0 Å². The SMILES string of the molecule is Cc1ccc(CNc2ccc(C)cc2C)c(C)c1. The van der Waals surface area contributed by atoms with Crippen LogP contribution in [0.5, 0.6) is 0 Å². The summed E-state index contributed by atoms with van der Waals surface area (Å²) >= 11 is 0. The van der Waals surface area contributed by atoms with E-state index in [1.165, 1.54) is 33.5 Å². The van der Waals surface area contributed by atoms with Crippen molar-refractivity contribution in [2.75, 3.05) is 5.32 Å². The summed E-state index contributed by atoms with van der Waals surface area (Å²) in [5, 5.41) is 3.52. The zero-order chi connectivity index (χ0) is 13.1. The molecule has 2 aromatic carbocycles. The van der Waals surface area contributed by atoms with Gasteiger partial charge in [0.05, 0.1) is 0 Å². The molecule has 0 aliphatic carbocycles. The van der Waals surface area contributed by atoms with Gasteiger partial charge < -0.3 is 5.32 Å². The molecule has 0 aliphatic rings. The minimum absolute atomic E-state index is 0.885. The van der Waals surface area contributed by atoms with Gasteiger partial charge in [0, 0.05) is 12.2 Å². The fourth-order valence-corrected chi connectivity index (χ4v) is 2.25. The molecule has 0 saturated heterocycles. The first-order valence-electron chi connectivity index (χ1n) is 6.43. The van der Waals surface area contributed by atoms with E-state index in [-0.39, 0.29) is 0 Å². The third-order valence-electron chi connectivity index (χ3n) is 3.35. The minimum atomic E-state index is 0.885. The summed E-state index contributed by atoms with van der Waals surface area (Å²) in [6.07, 6.45) is 0. The fraction of sp³-hybridized carbons (Fsp3) is 0.294. The number of anilines is 1. The Morgan fingerprint density at radius 2 is 1.39 bits per heavy atom. The van der Waals surface area contributed by atoms with Gasteiger partial charge in [-0.15, -0.1) is 0 Å². The van der Waals surface area contributed by atoms with Crippen molar-refractivity contribution in [2.45, 2.75) is 34.2 Å². The second kappa shape index (κ2) is 5.26. The van der Waals surface area contributed by atoms with E-state index in [1.807, 2.05) is 0 Å². The highest BCUT2D eigenvalue weighted by Crippen LogP contribution is 2.18. The molecular weight excluding hydrogens is 218 g/mol. The number of hydrogen-bond donors (Lipinski definition) is 1. The number of rotatable bonds is 3. The van der Waals surface area contributed by atoms with Gasteiger partial charge in [0.15, 0.2) is 0 Å². The molecule has 0 amide bonds. The molecule has 2 rings (SSSR count). The highest BCUT2D eigenvalue weighted by molar-refractivity contribution is 5.52. The third kappa shape index (κ3) is 2.92. The van der Waals surface area contributed by atoms with Gasteiger partial charge in [0.2, 0.25) is 0 Å². The molecule has 0 unspecified atom stereocenters. The maximum absolute atomic E-state index is 3.52. The summed E-state index contributed by atoms with van der Waals surface area (Å²) in [6.45, 7) is 9.47. The molecule has 0 spiro atoms. The Bertz CT molecular complexity index is 504. The van der Waals surface area contributed by atoms with Crippen LogP contribution in [0, 0.1) is 27.7 Å². The molecule has 1 N–H and O–H groups in total. The molecule has 0 fully saturated rings. The second-order valence-electron chi connectivity index (χ2n) is 5.10. The van der Waals surface area contributed by atoms with E-state index < -0.39 is 0 Å². The first-order chi connectivity index (χ1) is 8.56. The van der Waals surface area contributed by atoms with Crippen molar-refractivity contribution in [1.29, 1.82) is 0 Å². The highest BCUT2D eigenvalue weighted by atomic mass is 14.9. The van der Waals surface area contributed by atoms with E-state index in [0.717, 1.165) is 6.54 Å². The van der Waals surface area contributed by atoms with Crippen molar-refractivity contribution in [3.05, 3.63) is 64.2 Å². The minimum Gasteiger partial charge on any atom is -0.381 e. The maximum atomic E-state index is 3.52. The third-order valence-corrected chi connectivity index (χ3v) is 3.35. The molecule has 0 radical (unpaired) electrons. The average molecular weight is 239 g/mol. The van der Waals surface area contributed by atoms with Gasteiger partial charge in [-0.25, -0.2) is 0 Å². The molecule has 0 saturated carbocycles. The Kier molecular flexibility index (Phi) is 3.71. The lowest BCUT2D eigenvalue weighted by atomic mass is 10.1. The van der Waals surface area contributed by atoms with E-state index in [2.05, 4.69) is 69.4 Å². The molecule has 1 heteroatoms. The Labute approximate surface area is 110 Å². The van der Waals surface area contributed by atoms with E-state index in [9.17, 15) is 0 Å². The number of hydrogen-bond acceptors (Lipinski definition) is 1. The van der Waals surface area contributed by atoms with Crippen molar-refractivity contribution >= 4 is 5.69 Å². The molecule has 0 aliphatic heterocycles. The fourth-order valence-electron chi connectivity index (χ4n) is 2.25. The lowest BCUT2D eigenvalue weighted by Crippen LogP contribution is -2.03. The predicted molar refractivity (Wildman–Crippen MR) is 79.2 cm³/mol. The lowest BCUT2D eigenvalue weighted by molar-refractivity contribution is 1.10. The summed E-state index contributed by atoms with van der Waals surface area (Å²) in [7, 11) is 0. The van der Waals surface area contributed by atoms with Crippen LogP contribution >= 0.6 is 0 Å². The number of benzene rings is 2. The summed E-state index contributed by atoms with van der Waals surface area (Å²) in [4.78, 5) is 0. The van der Waals surface area contributed by atoms with Crippen molar-refractivity contribution < 1.29 is 0 Å². The molecule has 0 atom stereocenters. The maximum Gasteiger partial charge on any atom is 0.0403 e. The van der Waals surface area contributed by atoms with Crippen LogP contribution in [0.1, 0.15) is 27.8 Å². The van der Waals surface area contributed by atoms with Crippen molar-refractivity contribution in [1.82, 2.24) is 0 Å². The van der Waals surface area contributed by atoms with Gasteiger partial charge in [-0.2, -0.15) is 0 Å². The van der Waals surface area contributed by atoms with E-state index in [4.69, 9.17) is 0 Å². The molecule has 18 heavy (non-hydrogen) atoms. The van der Waals surface area contributed by atoms with Crippen LogP contribution in [0.2, 0.25) is 0 Å². The average Bonchev–Trinajstić information content (AvgIpc) is 2.30. The van der Waals surface area contributed by atoms with Gasteiger partial charge in [-0.1, -0.05) is 41.5 Å². The second-order valence-corrected chi connectivity index (χ2v) is 5.10. The number of nitrogens with one attached hydrogen (secondary N) is 1. The highest BCUT2D eigenvalue weighted by Gasteiger charge is 2.01. The molecule has 0 heterocycles. The van der Waals surface area contributed by atoms with Gasteiger partial charge in [-0.3, -0.25) is 0 Å². The van der Waals surface area contributed by atoms with Crippen molar-refractivity contribution in [2.24, 2.45) is 0 Å². The summed E-state index contributed by atoms with van der Waals surface area (Å²) in [6, 6.07) is 13.1. The van der Waals surface area contributed by atoms with E-state index in [1.54, 1.807) is 0 Å². The smallest absolute Gasteiger partial charge is 0.0403 e. The van der Waals surface area contributed by atoms with Crippen LogP contribution in [0.25, 0.3) is 0 Å².